The molecule has 17 heavy (non-hydrogen) atoms. The highest BCUT2D eigenvalue weighted by Gasteiger charge is 2.02. The lowest BCUT2D eigenvalue weighted by Gasteiger charge is -2.08. The number of hydrogen-bond acceptors (Lipinski definition) is 4. The van der Waals surface area contributed by atoms with Crippen LogP contribution in [0, 0.1) is 0 Å². The first kappa shape index (κ1) is 12.3. The predicted octanol–water partition coefficient (Wildman–Crippen LogP) is 1.73. The Morgan fingerprint density at radius 2 is 2.47 bits per heavy atom. The number of aromatic nitrogens is 2. The molecule has 0 aliphatic carbocycles. The molecule has 5 heteroatoms. The van der Waals surface area contributed by atoms with Gasteiger partial charge in [-0.05, 0) is 12.1 Å². The Hall–Kier alpha value is -1.17. The SMILES string of the molecule is COCCNCc1cccn1Cc1nccs1. The molecule has 0 spiro atoms. The first-order chi connectivity index (χ1) is 8.40. The zero-order valence-electron chi connectivity index (χ0n) is 9.93. The van der Waals surface area contributed by atoms with E-state index in [-0.39, 0.29) is 0 Å². The molecular weight excluding hydrogens is 234 g/mol. The molecule has 2 aromatic rings. The van der Waals surface area contributed by atoms with Crippen LogP contribution in [-0.2, 0) is 17.8 Å². The normalized spacial score (nSPS) is 10.9. The van der Waals surface area contributed by atoms with Crippen molar-refractivity contribution in [2.75, 3.05) is 20.3 Å². The fourth-order valence-corrected chi connectivity index (χ4v) is 2.25. The monoisotopic (exact) mass is 251 g/mol. The third kappa shape index (κ3) is 3.66. The van der Waals surface area contributed by atoms with Crippen LogP contribution >= 0.6 is 11.3 Å². The number of hydrogen-bond donors (Lipinski definition) is 1. The molecule has 2 heterocycles. The van der Waals surface area contributed by atoms with Crippen LogP contribution in [-0.4, -0.2) is 29.8 Å². The molecule has 2 aromatic heterocycles. The van der Waals surface area contributed by atoms with Crippen LogP contribution < -0.4 is 5.32 Å². The number of thiazole rings is 1. The van der Waals surface area contributed by atoms with Crippen LogP contribution in [0.2, 0.25) is 0 Å². The number of ether oxygens (including phenoxy) is 1. The fraction of sp³-hybridized carbons (Fsp3) is 0.417. The zero-order chi connectivity index (χ0) is 11.9. The largest absolute Gasteiger partial charge is 0.383 e. The molecule has 0 saturated heterocycles. The van der Waals surface area contributed by atoms with Crippen molar-refractivity contribution in [1.82, 2.24) is 14.9 Å². The summed E-state index contributed by atoms with van der Waals surface area (Å²) in [6, 6.07) is 4.20. The summed E-state index contributed by atoms with van der Waals surface area (Å²) in [5, 5.41) is 6.49. The van der Waals surface area contributed by atoms with Crippen molar-refractivity contribution in [2.24, 2.45) is 0 Å². The number of nitrogens with one attached hydrogen (secondary N) is 1. The molecular formula is C12H17N3OS. The molecule has 0 aliphatic rings. The predicted molar refractivity (Wildman–Crippen MR) is 69.2 cm³/mol. The molecule has 0 atom stereocenters. The van der Waals surface area contributed by atoms with Gasteiger partial charge in [0.15, 0.2) is 0 Å². The summed E-state index contributed by atoms with van der Waals surface area (Å²) in [5.41, 5.74) is 1.27. The lowest BCUT2D eigenvalue weighted by molar-refractivity contribution is 0.199. The van der Waals surface area contributed by atoms with Crippen LogP contribution in [0.4, 0.5) is 0 Å². The smallest absolute Gasteiger partial charge is 0.112 e. The summed E-state index contributed by atoms with van der Waals surface area (Å²) >= 11 is 1.69. The summed E-state index contributed by atoms with van der Waals surface area (Å²) in [6.07, 6.45) is 3.94. The van der Waals surface area contributed by atoms with E-state index in [1.54, 1.807) is 18.4 Å². The Balaban J connectivity index is 1.88. The first-order valence-electron chi connectivity index (χ1n) is 5.62. The van der Waals surface area contributed by atoms with Gasteiger partial charge in [0, 0.05) is 43.7 Å². The molecule has 0 saturated carbocycles. The standard InChI is InChI=1S/C12H17N3OS/c1-16-7-4-13-9-11-3-2-6-15(11)10-12-14-5-8-17-12/h2-3,5-6,8,13H,4,7,9-10H2,1H3. The summed E-state index contributed by atoms with van der Waals surface area (Å²) in [5.74, 6) is 0. The Labute approximate surface area is 105 Å². The molecule has 92 valence electrons. The molecule has 0 amide bonds. The second-order valence-electron chi connectivity index (χ2n) is 3.72. The van der Waals surface area contributed by atoms with Crippen LogP contribution in [0.25, 0.3) is 0 Å². The number of rotatable bonds is 7. The molecule has 0 radical (unpaired) electrons. The van der Waals surface area contributed by atoms with E-state index < -0.39 is 0 Å². The lowest BCUT2D eigenvalue weighted by atomic mass is 10.4. The van der Waals surface area contributed by atoms with Crippen LogP contribution in [0.5, 0.6) is 0 Å². The van der Waals surface area contributed by atoms with Crippen molar-refractivity contribution in [1.29, 1.82) is 0 Å². The van der Waals surface area contributed by atoms with Gasteiger partial charge in [-0.2, -0.15) is 0 Å². The maximum Gasteiger partial charge on any atom is 0.112 e. The van der Waals surface area contributed by atoms with E-state index in [1.165, 1.54) is 5.69 Å². The zero-order valence-corrected chi connectivity index (χ0v) is 10.7. The lowest BCUT2D eigenvalue weighted by Crippen LogP contribution is -2.20. The maximum absolute atomic E-state index is 5.00. The van der Waals surface area contributed by atoms with Crippen molar-refractivity contribution in [2.45, 2.75) is 13.1 Å². The van der Waals surface area contributed by atoms with Crippen molar-refractivity contribution in [3.8, 4) is 0 Å². The highest BCUT2D eigenvalue weighted by Crippen LogP contribution is 2.09. The van der Waals surface area contributed by atoms with Gasteiger partial charge >= 0.3 is 0 Å². The van der Waals surface area contributed by atoms with Crippen LogP contribution in [0.15, 0.2) is 29.9 Å². The number of methoxy groups -OCH3 is 1. The van der Waals surface area contributed by atoms with Gasteiger partial charge in [-0.25, -0.2) is 4.98 Å². The van der Waals surface area contributed by atoms with E-state index in [1.807, 2.05) is 11.6 Å². The Bertz CT molecular complexity index is 425. The van der Waals surface area contributed by atoms with E-state index in [4.69, 9.17) is 4.74 Å². The fourth-order valence-electron chi connectivity index (χ4n) is 1.63. The van der Waals surface area contributed by atoms with Gasteiger partial charge in [0.1, 0.15) is 5.01 Å². The second-order valence-corrected chi connectivity index (χ2v) is 4.70. The summed E-state index contributed by atoms with van der Waals surface area (Å²) in [7, 11) is 1.72. The van der Waals surface area contributed by atoms with E-state index in [0.717, 1.165) is 31.2 Å². The summed E-state index contributed by atoms with van der Waals surface area (Å²) in [6.45, 7) is 3.33. The van der Waals surface area contributed by atoms with Crippen molar-refractivity contribution in [3.63, 3.8) is 0 Å². The van der Waals surface area contributed by atoms with E-state index in [0.29, 0.717) is 0 Å². The highest BCUT2D eigenvalue weighted by molar-refractivity contribution is 7.09. The minimum Gasteiger partial charge on any atom is -0.383 e. The molecule has 0 aliphatic heterocycles. The molecule has 4 nitrogen and oxygen atoms in total. The van der Waals surface area contributed by atoms with Gasteiger partial charge in [0.05, 0.1) is 13.2 Å². The molecule has 0 unspecified atom stereocenters. The van der Waals surface area contributed by atoms with Crippen molar-refractivity contribution < 1.29 is 4.74 Å². The van der Waals surface area contributed by atoms with Gasteiger partial charge in [0.2, 0.25) is 0 Å². The minimum atomic E-state index is 0.743. The third-order valence-corrected chi connectivity index (χ3v) is 3.27. The molecule has 2 rings (SSSR count). The van der Waals surface area contributed by atoms with E-state index in [9.17, 15) is 0 Å². The van der Waals surface area contributed by atoms with Crippen LogP contribution in [0.1, 0.15) is 10.7 Å². The average Bonchev–Trinajstić information content (AvgIpc) is 2.97. The third-order valence-electron chi connectivity index (χ3n) is 2.50. The maximum atomic E-state index is 5.00. The first-order valence-corrected chi connectivity index (χ1v) is 6.50. The molecule has 0 fully saturated rings. The minimum absolute atomic E-state index is 0.743. The van der Waals surface area contributed by atoms with E-state index >= 15 is 0 Å². The van der Waals surface area contributed by atoms with E-state index in [2.05, 4.69) is 33.2 Å². The highest BCUT2D eigenvalue weighted by atomic mass is 32.1. The topological polar surface area (TPSA) is 39.1 Å². The van der Waals surface area contributed by atoms with Gasteiger partial charge in [0.25, 0.3) is 0 Å². The van der Waals surface area contributed by atoms with Crippen molar-refractivity contribution in [3.05, 3.63) is 40.6 Å². The molecule has 0 aromatic carbocycles. The summed E-state index contributed by atoms with van der Waals surface area (Å²) < 4.78 is 7.22. The second kappa shape index (κ2) is 6.54. The molecule has 0 bridgehead atoms. The van der Waals surface area contributed by atoms with Crippen molar-refractivity contribution >= 4 is 11.3 Å². The number of nitrogens with zero attached hydrogens (tertiary/aromatic N) is 2. The quantitative estimate of drug-likeness (QED) is 0.762. The average molecular weight is 251 g/mol. The van der Waals surface area contributed by atoms with Crippen LogP contribution in [0.3, 0.4) is 0 Å². The van der Waals surface area contributed by atoms with Gasteiger partial charge in [-0.3, -0.25) is 0 Å². The molecule has 1 N–H and O–H groups in total. The van der Waals surface area contributed by atoms with Gasteiger partial charge in [-0.1, -0.05) is 0 Å². The Morgan fingerprint density at radius 3 is 3.24 bits per heavy atom. The van der Waals surface area contributed by atoms with Gasteiger partial charge < -0.3 is 14.6 Å². The van der Waals surface area contributed by atoms with Gasteiger partial charge in [-0.15, -0.1) is 11.3 Å². The Kier molecular flexibility index (Phi) is 4.73. The Morgan fingerprint density at radius 1 is 1.53 bits per heavy atom. The summed E-state index contributed by atoms with van der Waals surface area (Å²) in [4.78, 5) is 4.30.